The van der Waals surface area contributed by atoms with Gasteiger partial charge in [0.1, 0.15) is 24.0 Å². The fraction of sp³-hybridized carbons (Fsp3) is 0.538. The average Bonchev–Trinajstić information content (AvgIpc) is 2.47. The largest absolute Gasteiger partial charge is 0.393 e. The smallest absolute Gasteiger partial charge is 0.382 e. The lowest BCUT2D eigenvalue weighted by Gasteiger charge is -2.34. The number of nitrogens with two attached hydrogens (primary N) is 1. The molecule has 0 bridgehead atoms. The van der Waals surface area contributed by atoms with E-state index in [0.29, 0.717) is 37.0 Å². The number of aromatic nitrogens is 1. The second kappa shape index (κ2) is 5.09. The number of hydrogen-bond donors (Lipinski definition) is 2. The lowest BCUT2D eigenvalue weighted by atomic mass is 9.97. The fourth-order valence-electron chi connectivity index (χ4n) is 2.70. The Balaban J connectivity index is 1.84. The van der Waals surface area contributed by atoms with Gasteiger partial charge < -0.3 is 16.0 Å². The molecule has 2 aliphatic heterocycles. The molecule has 5 nitrogen and oxygen atoms in total. The van der Waals surface area contributed by atoms with Crippen molar-refractivity contribution in [1.82, 2.24) is 4.98 Å². The van der Waals surface area contributed by atoms with E-state index in [-0.39, 0.29) is 13.0 Å². The summed E-state index contributed by atoms with van der Waals surface area (Å²) in [6, 6.07) is 3.51. The van der Waals surface area contributed by atoms with Crippen LogP contribution in [0.5, 0.6) is 0 Å². The maximum Gasteiger partial charge on any atom is 0.393 e. The van der Waals surface area contributed by atoms with E-state index >= 15 is 0 Å². The molecule has 0 spiro atoms. The van der Waals surface area contributed by atoms with Gasteiger partial charge in [-0.15, -0.1) is 0 Å². The Morgan fingerprint density at radius 3 is 2.90 bits per heavy atom. The number of anilines is 2. The normalized spacial score (nSPS) is 22.3. The molecular formula is C13H16F3N5. The van der Waals surface area contributed by atoms with Crippen molar-refractivity contribution in [2.45, 2.75) is 19.0 Å². The van der Waals surface area contributed by atoms with Crippen LogP contribution < -0.4 is 16.0 Å². The standard InChI is InChI=1S/C13H16F3N5/c14-13(15,16)8-2-1-5-21(6-8)10-4-3-9-11(20-10)12(17)19-7-18-9/h3-4,8,18H,1-2,5-7H2,(H2,17,19). The predicted molar refractivity (Wildman–Crippen MR) is 74.4 cm³/mol. The number of fused-ring (bicyclic) bond motifs is 1. The lowest BCUT2D eigenvalue weighted by Crippen LogP contribution is -2.42. The molecule has 2 aliphatic rings. The third kappa shape index (κ3) is 2.74. The van der Waals surface area contributed by atoms with Crippen molar-refractivity contribution in [2.75, 3.05) is 30.0 Å². The first kappa shape index (κ1) is 14.0. The van der Waals surface area contributed by atoms with Crippen LogP contribution in [0.15, 0.2) is 17.1 Å². The van der Waals surface area contributed by atoms with E-state index in [1.54, 1.807) is 17.0 Å². The Labute approximate surface area is 120 Å². The molecule has 0 radical (unpaired) electrons. The molecule has 3 heterocycles. The number of halogens is 3. The zero-order chi connectivity index (χ0) is 15.0. The molecule has 1 unspecified atom stereocenters. The molecule has 1 aromatic heterocycles. The number of piperidine rings is 1. The van der Waals surface area contributed by atoms with Crippen molar-refractivity contribution in [3.8, 4) is 0 Å². The van der Waals surface area contributed by atoms with Crippen molar-refractivity contribution in [3.63, 3.8) is 0 Å². The number of pyridine rings is 1. The summed E-state index contributed by atoms with van der Waals surface area (Å²) in [5, 5.41) is 3.03. The van der Waals surface area contributed by atoms with Crippen molar-refractivity contribution in [3.05, 3.63) is 17.8 Å². The molecule has 0 saturated carbocycles. The average molecular weight is 299 g/mol. The van der Waals surface area contributed by atoms with Crippen molar-refractivity contribution < 1.29 is 13.2 Å². The molecule has 0 amide bonds. The summed E-state index contributed by atoms with van der Waals surface area (Å²) in [6.07, 6.45) is -3.48. The summed E-state index contributed by atoms with van der Waals surface area (Å²) in [5.41, 5.74) is 7.06. The van der Waals surface area contributed by atoms with Gasteiger partial charge in [-0.25, -0.2) is 9.98 Å². The van der Waals surface area contributed by atoms with E-state index in [9.17, 15) is 13.2 Å². The third-order valence-corrected chi connectivity index (χ3v) is 3.85. The molecular weight excluding hydrogens is 283 g/mol. The van der Waals surface area contributed by atoms with Gasteiger partial charge in [-0.3, -0.25) is 0 Å². The minimum absolute atomic E-state index is 0.0558. The number of hydrogen-bond acceptors (Lipinski definition) is 5. The Morgan fingerprint density at radius 2 is 2.14 bits per heavy atom. The third-order valence-electron chi connectivity index (χ3n) is 3.85. The maximum atomic E-state index is 12.9. The summed E-state index contributed by atoms with van der Waals surface area (Å²) in [6.45, 7) is 0.905. The number of alkyl halides is 3. The minimum atomic E-state index is -4.16. The number of nitrogens with zero attached hydrogens (tertiary/aromatic N) is 3. The first-order valence-corrected chi connectivity index (χ1v) is 6.82. The number of amidine groups is 1. The zero-order valence-electron chi connectivity index (χ0n) is 11.3. The Hall–Kier alpha value is -1.99. The predicted octanol–water partition coefficient (Wildman–Crippen LogP) is 1.95. The highest BCUT2D eigenvalue weighted by Gasteiger charge is 2.42. The van der Waals surface area contributed by atoms with Crippen molar-refractivity contribution >= 4 is 17.3 Å². The Kier molecular flexibility index (Phi) is 3.38. The summed E-state index contributed by atoms with van der Waals surface area (Å²) in [4.78, 5) is 10.1. The van der Waals surface area contributed by atoms with E-state index in [1.807, 2.05) is 0 Å². The molecule has 3 N–H and O–H groups in total. The van der Waals surface area contributed by atoms with Crippen LogP contribution in [0.4, 0.5) is 24.7 Å². The SMILES string of the molecule is NC1=NCNc2ccc(N3CCCC(C(F)(F)F)C3)nc21. The highest BCUT2D eigenvalue weighted by molar-refractivity contribution is 6.02. The van der Waals surface area contributed by atoms with Gasteiger partial charge in [-0.1, -0.05) is 0 Å². The molecule has 0 aliphatic carbocycles. The summed E-state index contributed by atoms with van der Waals surface area (Å²) < 4.78 is 38.6. The van der Waals surface area contributed by atoms with Gasteiger partial charge in [0.05, 0.1) is 11.6 Å². The molecule has 1 saturated heterocycles. The number of nitrogens with one attached hydrogen (secondary N) is 1. The molecule has 1 atom stereocenters. The van der Waals surface area contributed by atoms with Gasteiger partial charge in [0.25, 0.3) is 0 Å². The minimum Gasteiger partial charge on any atom is -0.382 e. The molecule has 1 aromatic rings. The van der Waals surface area contributed by atoms with Gasteiger partial charge in [-0.2, -0.15) is 13.2 Å². The van der Waals surface area contributed by atoms with E-state index < -0.39 is 12.1 Å². The molecule has 3 rings (SSSR count). The summed E-state index contributed by atoms with van der Waals surface area (Å²) >= 11 is 0. The van der Waals surface area contributed by atoms with Crippen LogP contribution >= 0.6 is 0 Å². The lowest BCUT2D eigenvalue weighted by molar-refractivity contribution is -0.176. The highest BCUT2D eigenvalue weighted by Crippen LogP contribution is 2.34. The second-order valence-electron chi connectivity index (χ2n) is 5.27. The first-order valence-electron chi connectivity index (χ1n) is 6.82. The van der Waals surface area contributed by atoms with Crippen LogP contribution in [-0.4, -0.2) is 36.8 Å². The maximum absolute atomic E-state index is 12.9. The van der Waals surface area contributed by atoms with E-state index in [1.165, 1.54) is 0 Å². The molecule has 21 heavy (non-hydrogen) atoms. The van der Waals surface area contributed by atoms with E-state index in [0.717, 1.165) is 5.69 Å². The summed E-state index contributed by atoms with van der Waals surface area (Å²) in [5.74, 6) is -0.465. The second-order valence-corrected chi connectivity index (χ2v) is 5.27. The highest BCUT2D eigenvalue weighted by atomic mass is 19.4. The molecule has 8 heteroatoms. The van der Waals surface area contributed by atoms with Crippen molar-refractivity contribution in [1.29, 1.82) is 0 Å². The fourth-order valence-corrected chi connectivity index (χ4v) is 2.70. The van der Waals surface area contributed by atoms with Gasteiger partial charge in [-0.05, 0) is 25.0 Å². The monoisotopic (exact) mass is 299 g/mol. The quantitative estimate of drug-likeness (QED) is 0.832. The zero-order valence-corrected chi connectivity index (χ0v) is 11.3. The number of aliphatic imine (C=N–C) groups is 1. The van der Waals surface area contributed by atoms with Gasteiger partial charge in [0, 0.05) is 13.1 Å². The van der Waals surface area contributed by atoms with E-state index in [2.05, 4.69) is 15.3 Å². The van der Waals surface area contributed by atoms with Crippen LogP contribution in [-0.2, 0) is 0 Å². The topological polar surface area (TPSA) is 66.5 Å². The van der Waals surface area contributed by atoms with Gasteiger partial charge in [0.2, 0.25) is 0 Å². The van der Waals surface area contributed by atoms with Crippen LogP contribution in [0, 0.1) is 5.92 Å². The summed E-state index contributed by atoms with van der Waals surface area (Å²) in [7, 11) is 0. The van der Waals surface area contributed by atoms with Gasteiger partial charge in [0.15, 0.2) is 0 Å². The first-order chi connectivity index (χ1) is 9.95. The van der Waals surface area contributed by atoms with Gasteiger partial charge >= 0.3 is 6.18 Å². The van der Waals surface area contributed by atoms with E-state index in [4.69, 9.17) is 5.73 Å². The number of rotatable bonds is 1. The Bertz CT molecular complexity index is 569. The molecule has 0 aromatic carbocycles. The van der Waals surface area contributed by atoms with Crippen LogP contribution in [0.25, 0.3) is 0 Å². The Morgan fingerprint density at radius 1 is 1.33 bits per heavy atom. The van der Waals surface area contributed by atoms with Crippen molar-refractivity contribution in [2.24, 2.45) is 16.6 Å². The molecule has 1 fully saturated rings. The van der Waals surface area contributed by atoms with Crippen LogP contribution in [0.1, 0.15) is 18.5 Å². The molecule has 114 valence electrons. The van der Waals surface area contributed by atoms with Crippen LogP contribution in [0.3, 0.4) is 0 Å². The van der Waals surface area contributed by atoms with Crippen LogP contribution in [0.2, 0.25) is 0 Å².